The van der Waals surface area contributed by atoms with E-state index >= 15 is 0 Å². The Morgan fingerprint density at radius 1 is 0.780 bits per heavy atom. The van der Waals surface area contributed by atoms with E-state index in [4.69, 9.17) is 15.9 Å². The zero-order valence-electron chi connectivity index (χ0n) is 21.8. The number of rotatable bonds is 17. The maximum atomic E-state index is 13.2. The summed E-state index contributed by atoms with van der Waals surface area (Å²) < 4.78 is 0. The van der Waals surface area contributed by atoms with Crippen LogP contribution in [0.1, 0.15) is 36.9 Å². The van der Waals surface area contributed by atoms with Gasteiger partial charge in [-0.3, -0.25) is 24.0 Å². The molecule has 2 aromatic rings. The highest BCUT2D eigenvalue weighted by Gasteiger charge is 2.31. The summed E-state index contributed by atoms with van der Waals surface area (Å²) in [6.45, 7) is 0. The molecule has 1 aromatic heterocycles. The summed E-state index contributed by atoms with van der Waals surface area (Å²) in [5, 5.41) is 44.1. The van der Waals surface area contributed by atoms with Crippen molar-refractivity contribution >= 4 is 35.6 Å². The number of nitrogens with zero attached hydrogens (tertiary/aromatic N) is 1. The molecule has 16 nitrogen and oxygen atoms in total. The van der Waals surface area contributed by atoms with Crippen LogP contribution < -0.4 is 21.7 Å². The van der Waals surface area contributed by atoms with Gasteiger partial charge in [-0.15, -0.1) is 0 Å². The zero-order valence-corrected chi connectivity index (χ0v) is 21.8. The van der Waals surface area contributed by atoms with E-state index in [0.29, 0.717) is 11.3 Å². The molecule has 41 heavy (non-hydrogen) atoms. The molecular weight excluding hydrogens is 544 g/mol. The Labute approximate surface area is 233 Å². The SMILES string of the molecule is NC(CCC(=O)O)C(=O)NC(Cc1cnc[nH]1)C(=O)NC(CCC(=O)O)C(=O)NC(Cc1ccc(O)cc1)C(=O)O. The summed E-state index contributed by atoms with van der Waals surface area (Å²) in [5.74, 6) is -6.60. The second-order valence-electron chi connectivity index (χ2n) is 9.14. The number of nitrogens with two attached hydrogens (primary N) is 1. The first-order valence-corrected chi connectivity index (χ1v) is 12.4. The first-order chi connectivity index (χ1) is 19.3. The van der Waals surface area contributed by atoms with Crippen molar-refractivity contribution in [3.05, 3.63) is 48.0 Å². The molecule has 0 saturated carbocycles. The number of carbonyl (C=O) groups excluding carboxylic acids is 3. The number of nitrogens with one attached hydrogen (secondary N) is 4. The van der Waals surface area contributed by atoms with Crippen LogP contribution in [0.15, 0.2) is 36.8 Å². The molecule has 0 saturated heterocycles. The van der Waals surface area contributed by atoms with Crippen molar-refractivity contribution in [1.29, 1.82) is 0 Å². The van der Waals surface area contributed by atoms with E-state index in [0.717, 1.165) is 0 Å². The smallest absolute Gasteiger partial charge is 0.326 e. The van der Waals surface area contributed by atoms with Crippen LogP contribution >= 0.6 is 0 Å². The van der Waals surface area contributed by atoms with Gasteiger partial charge in [-0.1, -0.05) is 12.1 Å². The van der Waals surface area contributed by atoms with Gasteiger partial charge < -0.3 is 47.1 Å². The number of aliphatic carboxylic acids is 3. The molecule has 10 N–H and O–H groups in total. The van der Waals surface area contributed by atoms with Gasteiger partial charge >= 0.3 is 17.9 Å². The lowest BCUT2D eigenvalue weighted by Crippen LogP contribution is -2.57. The third-order valence-electron chi connectivity index (χ3n) is 5.89. The van der Waals surface area contributed by atoms with E-state index in [1.165, 1.54) is 36.8 Å². The maximum absolute atomic E-state index is 13.2. The van der Waals surface area contributed by atoms with Crippen LogP contribution in [0.25, 0.3) is 0 Å². The van der Waals surface area contributed by atoms with Crippen LogP contribution in [0.4, 0.5) is 0 Å². The van der Waals surface area contributed by atoms with Gasteiger partial charge in [-0.05, 0) is 30.5 Å². The molecule has 2 rings (SSSR count). The largest absolute Gasteiger partial charge is 0.508 e. The normalized spacial score (nSPS) is 13.7. The van der Waals surface area contributed by atoms with Crippen LogP contribution in [-0.2, 0) is 41.6 Å². The van der Waals surface area contributed by atoms with Crippen molar-refractivity contribution in [2.24, 2.45) is 5.73 Å². The molecule has 0 fully saturated rings. The standard InChI is InChI=1S/C25H32N6O10/c26-16(5-7-20(33)34)22(37)30-18(10-14-11-27-12-28-14)24(39)29-17(6-8-21(35)36)23(38)31-19(25(40)41)9-13-1-3-15(32)4-2-13/h1-4,11-12,16-19,32H,5-10,26H2,(H,27,28)(H,29,39)(H,30,37)(H,31,38)(H,33,34)(H,35,36)(H,40,41). The van der Waals surface area contributed by atoms with E-state index in [1.54, 1.807) is 0 Å². The Morgan fingerprint density at radius 2 is 1.34 bits per heavy atom. The van der Waals surface area contributed by atoms with E-state index in [-0.39, 0.29) is 25.0 Å². The highest BCUT2D eigenvalue weighted by molar-refractivity contribution is 5.94. The Hall–Kier alpha value is -4.99. The lowest BCUT2D eigenvalue weighted by molar-refractivity contribution is -0.143. The van der Waals surface area contributed by atoms with E-state index < -0.39 is 79.1 Å². The zero-order chi connectivity index (χ0) is 30.5. The molecule has 4 unspecified atom stereocenters. The minimum atomic E-state index is -1.50. The van der Waals surface area contributed by atoms with Crippen molar-refractivity contribution in [1.82, 2.24) is 25.9 Å². The number of carboxylic acids is 3. The molecule has 1 heterocycles. The molecule has 4 atom stereocenters. The third kappa shape index (κ3) is 11.3. The molecular formula is C25H32N6O10. The lowest BCUT2D eigenvalue weighted by Gasteiger charge is -2.25. The van der Waals surface area contributed by atoms with Gasteiger partial charge in [0.15, 0.2) is 0 Å². The molecule has 222 valence electrons. The van der Waals surface area contributed by atoms with Gasteiger partial charge in [0.1, 0.15) is 23.9 Å². The first kappa shape index (κ1) is 32.2. The van der Waals surface area contributed by atoms with E-state index in [2.05, 4.69) is 25.9 Å². The third-order valence-corrected chi connectivity index (χ3v) is 5.89. The lowest BCUT2D eigenvalue weighted by atomic mass is 10.0. The summed E-state index contributed by atoms with van der Waals surface area (Å²) >= 11 is 0. The molecule has 0 bridgehead atoms. The number of carboxylic acid groups (broad SMARTS) is 3. The van der Waals surface area contributed by atoms with Gasteiger partial charge in [0.25, 0.3) is 0 Å². The topological polar surface area (TPSA) is 274 Å². The second-order valence-corrected chi connectivity index (χ2v) is 9.14. The maximum Gasteiger partial charge on any atom is 0.326 e. The molecule has 16 heteroatoms. The van der Waals surface area contributed by atoms with Gasteiger partial charge in [0.05, 0.1) is 12.4 Å². The van der Waals surface area contributed by atoms with Gasteiger partial charge in [0.2, 0.25) is 17.7 Å². The average Bonchev–Trinajstić information content (AvgIpc) is 3.42. The number of benzene rings is 1. The summed E-state index contributed by atoms with van der Waals surface area (Å²) in [6, 6.07) is 0.0555. The number of H-pyrrole nitrogens is 1. The molecule has 0 radical (unpaired) electrons. The number of hydrogen-bond donors (Lipinski definition) is 9. The number of phenolic OH excluding ortho intramolecular Hbond substituents is 1. The Balaban J connectivity index is 2.20. The van der Waals surface area contributed by atoms with Crippen molar-refractivity contribution in [3.63, 3.8) is 0 Å². The van der Waals surface area contributed by atoms with Crippen molar-refractivity contribution in [2.75, 3.05) is 0 Å². The molecule has 0 aliphatic heterocycles. The number of aromatic nitrogens is 2. The van der Waals surface area contributed by atoms with Crippen molar-refractivity contribution in [3.8, 4) is 5.75 Å². The van der Waals surface area contributed by atoms with Crippen molar-refractivity contribution < 1.29 is 49.2 Å². The number of aromatic hydroxyl groups is 1. The van der Waals surface area contributed by atoms with Gasteiger partial charge in [-0.25, -0.2) is 9.78 Å². The monoisotopic (exact) mass is 576 g/mol. The fourth-order valence-electron chi connectivity index (χ4n) is 3.66. The number of aromatic amines is 1. The minimum absolute atomic E-state index is 0.0410. The van der Waals surface area contributed by atoms with Gasteiger partial charge in [0, 0.05) is 37.6 Å². The number of carbonyl (C=O) groups is 6. The molecule has 0 aliphatic carbocycles. The molecule has 3 amide bonds. The summed E-state index contributed by atoms with van der Waals surface area (Å²) in [5.41, 5.74) is 6.63. The van der Waals surface area contributed by atoms with E-state index in [1.807, 2.05) is 0 Å². The predicted molar refractivity (Wildman–Crippen MR) is 139 cm³/mol. The van der Waals surface area contributed by atoms with Crippen LogP contribution in [0.5, 0.6) is 5.75 Å². The summed E-state index contributed by atoms with van der Waals surface area (Å²) in [7, 11) is 0. The van der Waals surface area contributed by atoms with Crippen LogP contribution in [0, 0.1) is 0 Å². The Morgan fingerprint density at radius 3 is 1.90 bits per heavy atom. The number of hydrogen-bond acceptors (Lipinski definition) is 9. The Bertz CT molecular complexity index is 1220. The summed E-state index contributed by atoms with van der Waals surface area (Å²) in [6.07, 6.45) is 0.842. The van der Waals surface area contributed by atoms with Gasteiger partial charge in [-0.2, -0.15) is 0 Å². The number of amides is 3. The van der Waals surface area contributed by atoms with Crippen LogP contribution in [0.2, 0.25) is 0 Å². The van der Waals surface area contributed by atoms with Crippen LogP contribution in [0.3, 0.4) is 0 Å². The minimum Gasteiger partial charge on any atom is -0.508 e. The fourth-order valence-corrected chi connectivity index (χ4v) is 3.66. The first-order valence-electron chi connectivity index (χ1n) is 12.4. The number of imidazole rings is 1. The number of phenols is 1. The molecule has 1 aromatic carbocycles. The highest BCUT2D eigenvalue weighted by Crippen LogP contribution is 2.12. The average molecular weight is 577 g/mol. The highest BCUT2D eigenvalue weighted by atomic mass is 16.4. The summed E-state index contributed by atoms with van der Waals surface area (Å²) in [4.78, 5) is 79.3. The van der Waals surface area contributed by atoms with Crippen LogP contribution in [-0.4, -0.2) is 90.2 Å². The molecule has 0 spiro atoms. The Kier molecular flexibility index (Phi) is 12.2. The van der Waals surface area contributed by atoms with E-state index in [9.17, 15) is 39.0 Å². The quantitative estimate of drug-likeness (QED) is 0.104. The predicted octanol–water partition coefficient (Wildman–Crippen LogP) is -1.50. The molecule has 0 aliphatic rings. The van der Waals surface area contributed by atoms with Crippen molar-refractivity contribution in [2.45, 2.75) is 62.7 Å². The fraction of sp³-hybridized carbons (Fsp3) is 0.400. The second kappa shape index (κ2) is 15.6.